The Hall–Kier alpha value is -10.1. The van der Waals surface area contributed by atoms with Gasteiger partial charge in [0.25, 0.3) is 0 Å². The fraction of sp³-hybridized carbons (Fsp3) is 0.241. The molecule has 1 saturated heterocycles. The fourth-order valence-corrected chi connectivity index (χ4v) is 5.29. The molecule has 0 aromatic heterocycles. The SMILES string of the molecule is C.CCCCC(CCC)C1CC(=O)N(c2ccccc2C(=O)[O-])C1=O.[C-]#CC#CC#CC#CC#CC#CC#CC#CC#CC#CC#CC#CC#CC#CC#CC#CC#CC1N=CCN1CN. The topological polar surface area (TPSA) is 119 Å². The number of nitrogens with two attached hydrogens (primary N) is 1. The number of hydrogen-bond donors (Lipinski definition) is 1. The van der Waals surface area contributed by atoms with E-state index in [1.807, 2.05) is 10.8 Å². The van der Waals surface area contributed by atoms with Crippen LogP contribution in [-0.2, 0) is 9.59 Å². The van der Waals surface area contributed by atoms with E-state index in [9.17, 15) is 19.5 Å². The summed E-state index contributed by atoms with van der Waals surface area (Å²) in [6.07, 6.45) is 13.1. The standard InChI is InChI=1S/C38H8N3.C19H25NO4.CH4/c1-2-3-4-5-6-7-8-9-10-11-12-13-14-15-16-17-18-19-20-21-22-23-24-25-26-27-28-29-30-31-32-33-34-38-40-35-36-41(38)37-39;1-3-5-9-13(8-4-2)15-12-17(21)20(18(15)22)16-11-7-6-10-14(16)19(23)24;/h35,38H,36-37,39H2;6-7,10-11,13,15H,3-5,8-9,12H2,1-2H3,(H,23,24);1H4/q-1;;/p-1. The third-order valence-corrected chi connectivity index (χ3v) is 7.99. The van der Waals surface area contributed by atoms with E-state index in [4.69, 9.17) is 12.2 Å². The van der Waals surface area contributed by atoms with Gasteiger partial charge in [0.15, 0.2) is 6.17 Å². The lowest BCUT2D eigenvalue weighted by Gasteiger charge is -2.23. The van der Waals surface area contributed by atoms with Gasteiger partial charge in [-0.05, 0) is 125 Å². The number of carboxylic acids is 1. The van der Waals surface area contributed by atoms with Crippen molar-refractivity contribution in [3.05, 3.63) is 36.3 Å². The van der Waals surface area contributed by atoms with Gasteiger partial charge in [-0.2, -0.15) is 0 Å². The van der Waals surface area contributed by atoms with Crippen LogP contribution in [0.4, 0.5) is 5.69 Å². The molecule has 314 valence electrons. The van der Waals surface area contributed by atoms with Gasteiger partial charge in [0, 0.05) is 108 Å². The van der Waals surface area contributed by atoms with Crippen molar-refractivity contribution in [2.45, 2.75) is 66.0 Å². The second-order valence-corrected chi connectivity index (χ2v) is 12.2. The van der Waals surface area contributed by atoms with Gasteiger partial charge >= 0.3 is 0 Å². The number of unbranched alkanes of at least 4 members (excludes halogenated alkanes) is 1. The molecule has 0 bridgehead atoms. The van der Waals surface area contributed by atoms with Crippen LogP contribution in [0.2, 0.25) is 0 Å². The Kier molecular flexibility index (Phi) is 29.2. The summed E-state index contributed by atoms with van der Waals surface area (Å²) in [6.45, 7) is 5.25. The Bertz CT molecular complexity index is 3160. The maximum absolute atomic E-state index is 12.9. The summed E-state index contributed by atoms with van der Waals surface area (Å²) in [6, 6.07) is 6.03. The van der Waals surface area contributed by atoms with E-state index in [1.54, 1.807) is 18.3 Å². The molecule has 2 N–H and O–H groups in total. The normalized spacial score (nSPS) is 12.4. The highest BCUT2D eigenvalue weighted by Gasteiger charge is 2.43. The maximum Gasteiger partial charge on any atom is 0.237 e. The molecule has 8 heteroatoms. The minimum Gasteiger partial charge on any atom is -0.545 e. The molecule has 0 saturated carbocycles. The molecule has 2 heterocycles. The minimum absolute atomic E-state index is 0. The number of carbonyl (C=O) groups excluding carboxylic acids is 3. The van der Waals surface area contributed by atoms with E-state index >= 15 is 0 Å². The number of hydrogen-bond acceptors (Lipinski definition) is 7. The Morgan fingerprint density at radius 2 is 1.11 bits per heavy atom. The first-order valence-electron chi connectivity index (χ1n) is 19.4. The van der Waals surface area contributed by atoms with Crippen molar-refractivity contribution in [2.24, 2.45) is 22.6 Å². The summed E-state index contributed by atoms with van der Waals surface area (Å²) in [5.74, 6) is 79.9. The number of rotatable bonds is 9. The van der Waals surface area contributed by atoms with Crippen LogP contribution in [0.1, 0.15) is 70.2 Å². The van der Waals surface area contributed by atoms with Crippen molar-refractivity contribution < 1.29 is 19.5 Å². The molecule has 0 aliphatic carbocycles. The molecule has 3 unspecified atom stereocenters. The van der Waals surface area contributed by atoms with Crippen LogP contribution in [0.15, 0.2) is 29.3 Å². The first kappa shape index (κ1) is 54.0. The van der Waals surface area contributed by atoms with Crippen LogP contribution in [0.5, 0.6) is 0 Å². The molecule has 1 aromatic carbocycles. The van der Waals surface area contributed by atoms with Gasteiger partial charge in [-0.15, -0.1) is 5.92 Å². The zero-order chi connectivity index (χ0) is 47.0. The molecule has 0 spiro atoms. The van der Waals surface area contributed by atoms with E-state index in [0.29, 0.717) is 13.2 Å². The zero-order valence-corrected chi connectivity index (χ0v) is 35.3. The second kappa shape index (κ2) is 35.7. The number of aromatic carboxylic acids is 1. The second-order valence-electron chi connectivity index (χ2n) is 12.2. The minimum atomic E-state index is -1.38. The van der Waals surface area contributed by atoms with Gasteiger partial charge in [-0.25, -0.2) is 10.8 Å². The van der Waals surface area contributed by atoms with E-state index in [-0.39, 0.29) is 54.9 Å². The van der Waals surface area contributed by atoms with Crippen LogP contribution >= 0.6 is 0 Å². The van der Waals surface area contributed by atoms with Gasteiger partial charge in [-0.3, -0.25) is 25.4 Å². The van der Waals surface area contributed by atoms with Gasteiger partial charge < -0.3 is 22.1 Å². The average Bonchev–Trinajstić information content (AvgIpc) is 3.90. The van der Waals surface area contributed by atoms with Crippen molar-refractivity contribution in [3.63, 3.8) is 0 Å². The molecule has 2 aliphatic heterocycles. The summed E-state index contributed by atoms with van der Waals surface area (Å²) < 4.78 is 0. The highest BCUT2D eigenvalue weighted by Crippen LogP contribution is 2.36. The molecule has 3 rings (SSSR count). The molecule has 2 amide bonds. The first-order chi connectivity index (χ1) is 31.9. The smallest absolute Gasteiger partial charge is 0.237 e. The highest BCUT2D eigenvalue weighted by atomic mass is 16.4. The Labute approximate surface area is 390 Å². The van der Waals surface area contributed by atoms with Crippen molar-refractivity contribution in [3.8, 4) is 195 Å². The number of anilines is 1. The number of imide groups is 1. The number of carboxylic acid groups (broad SMARTS) is 1. The first-order valence-corrected chi connectivity index (χ1v) is 19.4. The summed E-state index contributed by atoms with van der Waals surface area (Å²) in [4.78, 5) is 43.7. The van der Waals surface area contributed by atoms with Gasteiger partial charge in [-0.1, -0.05) is 58.7 Å². The average molecular weight is 853 g/mol. The Balaban J connectivity index is 0.000000738. The number of para-hydroxylation sites is 1. The quantitative estimate of drug-likeness (QED) is 0.232. The number of benzene rings is 1. The van der Waals surface area contributed by atoms with E-state index < -0.39 is 5.97 Å². The molecule has 2 aliphatic rings. The molecule has 1 aromatic rings. The van der Waals surface area contributed by atoms with E-state index in [2.05, 4.69) is 208 Å². The van der Waals surface area contributed by atoms with Gasteiger partial charge in [0.2, 0.25) is 11.8 Å². The zero-order valence-electron chi connectivity index (χ0n) is 35.3. The Morgan fingerprint density at radius 3 is 1.50 bits per heavy atom. The van der Waals surface area contributed by atoms with Crippen LogP contribution in [-0.4, -0.2) is 48.3 Å². The van der Waals surface area contributed by atoms with Crippen molar-refractivity contribution >= 4 is 29.7 Å². The maximum atomic E-state index is 12.9. The van der Waals surface area contributed by atoms with Crippen LogP contribution < -0.4 is 15.7 Å². The highest BCUT2D eigenvalue weighted by molar-refractivity contribution is 6.22. The van der Waals surface area contributed by atoms with E-state index in [0.717, 1.165) is 37.0 Å². The van der Waals surface area contributed by atoms with Crippen LogP contribution in [0.3, 0.4) is 0 Å². The molecular formula is C58H36N4O4-2. The van der Waals surface area contributed by atoms with Crippen molar-refractivity contribution in [1.82, 2.24) is 4.90 Å². The van der Waals surface area contributed by atoms with Gasteiger partial charge in [0.05, 0.1) is 17.6 Å². The number of amides is 2. The summed E-state index contributed by atoms with van der Waals surface area (Å²) >= 11 is 0. The molecule has 66 heavy (non-hydrogen) atoms. The fourth-order valence-electron chi connectivity index (χ4n) is 5.29. The van der Waals surface area contributed by atoms with Crippen LogP contribution in [0, 0.1) is 214 Å². The molecule has 1 fully saturated rings. The molecule has 8 nitrogen and oxygen atoms in total. The van der Waals surface area contributed by atoms with Crippen molar-refractivity contribution in [1.29, 1.82) is 0 Å². The lowest BCUT2D eigenvalue weighted by molar-refractivity contribution is -0.254. The third kappa shape index (κ3) is 22.5. The Morgan fingerprint density at radius 1 is 0.682 bits per heavy atom. The monoisotopic (exact) mass is 852 g/mol. The molecule has 0 radical (unpaired) electrons. The van der Waals surface area contributed by atoms with E-state index in [1.165, 1.54) is 12.1 Å². The van der Waals surface area contributed by atoms with Gasteiger partial charge in [0.1, 0.15) is 0 Å². The number of aliphatic imine (C=N–C) groups is 1. The van der Waals surface area contributed by atoms with Crippen molar-refractivity contribution in [2.75, 3.05) is 18.1 Å². The summed E-state index contributed by atoms with van der Waals surface area (Å²) in [5.41, 5.74) is 5.58. The third-order valence-electron chi connectivity index (χ3n) is 7.99. The molecular weight excluding hydrogens is 817 g/mol. The number of carbonyl (C=O) groups is 3. The number of nitrogens with zero attached hydrogens (tertiary/aromatic N) is 3. The predicted molar refractivity (Wildman–Crippen MR) is 256 cm³/mol. The summed E-state index contributed by atoms with van der Waals surface area (Å²) in [5, 5.41) is 11.3. The largest absolute Gasteiger partial charge is 0.545 e. The summed E-state index contributed by atoms with van der Waals surface area (Å²) in [7, 11) is 0. The lowest BCUT2D eigenvalue weighted by atomic mass is 9.83. The lowest BCUT2D eigenvalue weighted by Crippen LogP contribution is -2.35. The predicted octanol–water partition coefficient (Wildman–Crippen LogP) is 2.43. The molecule has 3 atom stereocenters. The van der Waals surface area contributed by atoms with Crippen LogP contribution in [0.25, 0.3) is 0 Å².